The summed E-state index contributed by atoms with van der Waals surface area (Å²) in [6, 6.07) is 69.8. The first-order valence-corrected chi connectivity index (χ1v) is 49.1. The molecule has 0 aromatic heterocycles. The normalized spacial score (nSPS) is 11.4. The number of hydrogen-bond donors (Lipinski definition) is 4. The summed E-state index contributed by atoms with van der Waals surface area (Å²) in [5.74, 6) is 3.85. The van der Waals surface area contributed by atoms with Crippen LogP contribution >= 0.6 is 0 Å². The van der Waals surface area contributed by atoms with Gasteiger partial charge >= 0.3 is 0 Å². The van der Waals surface area contributed by atoms with Crippen LogP contribution in [0, 0.1) is 23.7 Å². The second-order valence-electron chi connectivity index (χ2n) is 31.1. The van der Waals surface area contributed by atoms with Crippen molar-refractivity contribution in [3.63, 3.8) is 0 Å². The van der Waals surface area contributed by atoms with Gasteiger partial charge in [0, 0.05) is 102 Å². The number of methoxy groups -OCH3 is 4. The molecule has 0 radical (unpaired) electrons. The highest BCUT2D eigenvalue weighted by molar-refractivity contribution is 7.90. The predicted octanol–water partition coefficient (Wildman–Crippen LogP) is 13.8. The molecular formula is C96H128N8O20S4. The molecule has 9 aromatic carbocycles. The Kier molecular flexibility index (Phi) is 44.8. The van der Waals surface area contributed by atoms with Crippen LogP contribution in [-0.4, -0.2) is 175 Å². The van der Waals surface area contributed by atoms with E-state index in [0.717, 1.165) is 50.8 Å². The van der Waals surface area contributed by atoms with Crippen LogP contribution in [0.3, 0.4) is 0 Å². The minimum atomic E-state index is -3.64. The van der Waals surface area contributed by atoms with Gasteiger partial charge in [0.2, 0.25) is 63.7 Å². The number of hydrogen-bond acceptors (Lipinski definition) is 20. The Morgan fingerprint density at radius 3 is 0.781 bits per heavy atom. The van der Waals surface area contributed by atoms with Crippen LogP contribution < -0.4 is 56.8 Å². The van der Waals surface area contributed by atoms with Crippen molar-refractivity contribution in [2.75, 3.05) is 98.6 Å². The summed E-state index contributed by atoms with van der Waals surface area (Å²) >= 11 is 0. The highest BCUT2D eigenvalue weighted by Gasteiger charge is 2.25. The summed E-state index contributed by atoms with van der Waals surface area (Å²) < 4.78 is 151. The maximum atomic E-state index is 12.8. The molecule has 28 nitrogen and oxygen atoms in total. The van der Waals surface area contributed by atoms with E-state index < -0.39 is 40.1 Å². The third-order valence-corrected chi connectivity index (χ3v) is 24.5. The number of carbonyl (C=O) groups excluding carboxylic acids is 4. The molecule has 0 aliphatic heterocycles. The Balaban J connectivity index is 0.000000264. The Labute approximate surface area is 758 Å². The Bertz CT molecular complexity index is 5360. The fraction of sp³-hybridized carbons (Fsp3) is 0.396. The number of rotatable bonds is 48. The molecule has 0 unspecified atom stereocenters. The molecule has 0 heterocycles. The third kappa shape index (κ3) is 38.1. The number of ether oxygens (including phenoxy) is 8. The summed E-state index contributed by atoms with van der Waals surface area (Å²) in [6.45, 7) is 22.7. The van der Waals surface area contributed by atoms with Crippen molar-refractivity contribution in [2.45, 2.75) is 133 Å². The van der Waals surface area contributed by atoms with E-state index in [0.29, 0.717) is 105 Å². The van der Waals surface area contributed by atoms with E-state index in [1.165, 1.54) is 12.1 Å². The van der Waals surface area contributed by atoms with Crippen molar-refractivity contribution in [1.82, 2.24) is 38.5 Å². The van der Waals surface area contributed by atoms with Gasteiger partial charge in [0.15, 0.2) is 46.0 Å². The molecule has 9 rings (SSSR count). The zero-order chi connectivity index (χ0) is 93.8. The minimum Gasteiger partial charge on any atom is -0.493 e. The third-order valence-electron chi connectivity index (χ3n) is 19.3. The van der Waals surface area contributed by atoms with Crippen LogP contribution in [0.4, 0.5) is 0 Å². The lowest BCUT2D eigenvalue weighted by molar-refractivity contribution is -0.135. The number of sulfonamides is 4. The van der Waals surface area contributed by atoms with Gasteiger partial charge in [0.05, 0.1) is 51.1 Å². The summed E-state index contributed by atoms with van der Waals surface area (Å²) in [7, 11) is -7.28. The average molecular weight is 1840 g/mol. The molecular weight excluding hydrogens is 1710 g/mol. The molecule has 0 aliphatic rings. The molecule has 0 saturated heterocycles. The monoisotopic (exact) mass is 1840 g/mol. The standard InChI is InChI=1S/C27H32N2O5S.C24H34N2O5S.C23H32N2O5S.C22H30N2O5S/c1-21(2)27(30)29(17-16-28-35(31,32)24-12-8-5-9-13-24)19-23-14-15-25(26(18-23)33-3)34-20-22-10-6-4-7-11-22;1-5-15-32(28,29)25-13-14-26(24(27)19(2)3)17-21-11-12-22(23(16-21)30-4)31-18-20-9-7-6-8-10-20;1-5-31(27,28)24-13-14-25(23(26)18(2)3)16-20-11-12-21(22(15-20)29-4)30-17-19-9-7-6-8-10-19;1-17(2)22(25)24(13-12-23-30(4,26)27)15-19-10-11-20(21(14-19)28-3)29-16-18-8-6-5-7-9-18/h4-15,18,21,28H,16-17,19-20H2,1-3H3;6-12,16,19,25H,5,13-15,17-18H2,1-4H3;6-12,15,18,24H,5,13-14,16-17H2,1-4H3;5-11,14,17,23H,12-13,15-16H2,1-4H3. The molecule has 0 saturated carbocycles. The van der Waals surface area contributed by atoms with E-state index in [4.69, 9.17) is 37.9 Å². The van der Waals surface area contributed by atoms with Gasteiger partial charge in [-0.15, -0.1) is 0 Å². The lowest BCUT2D eigenvalue weighted by Gasteiger charge is -2.25. The maximum absolute atomic E-state index is 12.8. The molecule has 128 heavy (non-hydrogen) atoms. The van der Waals surface area contributed by atoms with E-state index in [1.54, 1.807) is 73.2 Å². The van der Waals surface area contributed by atoms with Crippen LogP contribution in [0.25, 0.3) is 0 Å². The molecule has 32 heteroatoms. The van der Waals surface area contributed by atoms with Crippen molar-refractivity contribution < 1.29 is 90.7 Å². The van der Waals surface area contributed by atoms with Gasteiger partial charge in [-0.2, -0.15) is 0 Å². The summed E-state index contributed by atoms with van der Waals surface area (Å²) in [4.78, 5) is 57.6. The van der Waals surface area contributed by atoms with Gasteiger partial charge in [0.1, 0.15) is 26.4 Å². The average Bonchev–Trinajstić information content (AvgIpc) is 0.836. The molecule has 0 bridgehead atoms. The van der Waals surface area contributed by atoms with Gasteiger partial charge in [0.25, 0.3) is 0 Å². The molecule has 4 amide bonds. The molecule has 0 fully saturated rings. The van der Waals surface area contributed by atoms with Crippen molar-refractivity contribution in [3.05, 3.63) is 269 Å². The predicted molar refractivity (Wildman–Crippen MR) is 500 cm³/mol. The van der Waals surface area contributed by atoms with Gasteiger partial charge < -0.3 is 57.5 Å². The minimum absolute atomic E-state index is 0.00672. The van der Waals surface area contributed by atoms with Gasteiger partial charge in [-0.3, -0.25) is 19.2 Å². The second-order valence-corrected chi connectivity index (χ2v) is 38.7. The molecule has 0 aliphatic carbocycles. The van der Waals surface area contributed by atoms with E-state index in [1.807, 2.05) is 256 Å². The fourth-order valence-corrected chi connectivity index (χ4v) is 15.7. The van der Waals surface area contributed by atoms with Crippen LogP contribution in [0.1, 0.15) is 120 Å². The number of nitrogens with zero attached hydrogens (tertiary/aromatic N) is 4. The molecule has 696 valence electrons. The highest BCUT2D eigenvalue weighted by atomic mass is 32.2. The smallest absolute Gasteiger partial charge is 0.240 e. The van der Waals surface area contributed by atoms with Crippen LogP contribution in [-0.2, 0) is 112 Å². The highest BCUT2D eigenvalue weighted by Crippen LogP contribution is 2.34. The van der Waals surface area contributed by atoms with Crippen LogP contribution in [0.2, 0.25) is 0 Å². The first-order valence-electron chi connectivity index (χ1n) is 42.4. The zero-order valence-corrected chi connectivity index (χ0v) is 79.5. The van der Waals surface area contributed by atoms with Crippen LogP contribution in [0.5, 0.6) is 46.0 Å². The van der Waals surface area contributed by atoms with E-state index in [9.17, 15) is 52.8 Å². The van der Waals surface area contributed by atoms with Crippen molar-refractivity contribution in [2.24, 2.45) is 23.7 Å². The van der Waals surface area contributed by atoms with Crippen molar-refractivity contribution in [1.29, 1.82) is 0 Å². The topological polar surface area (TPSA) is 340 Å². The Hall–Kier alpha value is -11.1. The molecule has 0 spiro atoms. The van der Waals surface area contributed by atoms with E-state index in [-0.39, 0.29) is 116 Å². The van der Waals surface area contributed by atoms with Crippen LogP contribution in [0.15, 0.2) is 229 Å². The Morgan fingerprint density at radius 2 is 0.547 bits per heavy atom. The number of carbonyl (C=O) groups is 4. The lowest BCUT2D eigenvalue weighted by Crippen LogP contribution is -2.40. The van der Waals surface area contributed by atoms with E-state index >= 15 is 0 Å². The first kappa shape index (κ1) is 106. The number of amides is 4. The van der Waals surface area contributed by atoms with Crippen molar-refractivity contribution in [3.8, 4) is 46.0 Å². The quantitative estimate of drug-likeness (QED) is 0.0275. The second kappa shape index (κ2) is 54.3. The lowest BCUT2D eigenvalue weighted by atomic mass is 10.1. The zero-order valence-electron chi connectivity index (χ0n) is 76.2. The first-order chi connectivity index (χ1) is 61.0. The SMILES string of the molecule is CCCS(=O)(=O)NCCN(Cc1ccc(OCc2ccccc2)c(OC)c1)C(=O)C(C)C.CCS(=O)(=O)NCCN(Cc1ccc(OCc2ccccc2)c(OC)c1)C(=O)C(C)C.COc1cc(CN(CCNS(=O)(=O)c2ccccc2)C(=O)C(C)C)ccc1OCc1ccccc1.COc1cc(CN(CCNS(C)(=O)=O)C(=O)C(C)C)ccc1OCc1ccccc1. The maximum Gasteiger partial charge on any atom is 0.240 e. The Morgan fingerprint density at radius 1 is 0.305 bits per heavy atom. The summed E-state index contributed by atoms with van der Waals surface area (Å²) in [5, 5.41) is 0. The van der Waals surface area contributed by atoms with Gasteiger partial charge in [-0.05, 0) is 119 Å². The number of benzene rings is 9. The number of nitrogens with one attached hydrogen (secondary N) is 4. The van der Waals surface area contributed by atoms with Gasteiger partial charge in [-0.25, -0.2) is 52.6 Å². The molecule has 4 N–H and O–H groups in total. The fourth-order valence-electron chi connectivity index (χ4n) is 12.5. The molecule has 9 aromatic rings. The summed E-state index contributed by atoms with van der Waals surface area (Å²) in [5.41, 5.74) is 7.67. The summed E-state index contributed by atoms with van der Waals surface area (Å²) in [6.07, 6.45) is 1.64. The largest absolute Gasteiger partial charge is 0.493 e. The van der Waals surface area contributed by atoms with E-state index in [2.05, 4.69) is 18.9 Å². The van der Waals surface area contributed by atoms with Gasteiger partial charge in [-0.1, -0.05) is 226 Å². The molecule has 0 atom stereocenters. The van der Waals surface area contributed by atoms with Crippen molar-refractivity contribution >= 4 is 63.7 Å².